The number of nitrogens with zero attached hydrogens (tertiary/aromatic N) is 1. The van der Waals surface area contributed by atoms with Crippen LogP contribution in [0.2, 0.25) is 0 Å². The number of carbonyl (C=O) groups is 1. The highest BCUT2D eigenvalue weighted by molar-refractivity contribution is 5.78. The Hall–Kier alpha value is -1.55. The Labute approximate surface area is 108 Å². The fourth-order valence-corrected chi connectivity index (χ4v) is 1.74. The SMILES string of the molecule is CCN(CC(C)(C)O)C(=O)Cc1ccc(O)cc1. The number of phenols is 1. The summed E-state index contributed by atoms with van der Waals surface area (Å²) in [5.74, 6) is 0.167. The molecule has 0 fully saturated rings. The third-order valence-corrected chi connectivity index (χ3v) is 2.60. The monoisotopic (exact) mass is 251 g/mol. The molecule has 2 N–H and O–H groups in total. The van der Waals surface area contributed by atoms with E-state index >= 15 is 0 Å². The van der Waals surface area contributed by atoms with E-state index in [1.54, 1.807) is 43.0 Å². The van der Waals surface area contributed by atoms with Crippen molar-refractivity contribution < 1.29 is 15.0 Å². The molecule has 0 unspecified atom stereocenters. The zero-order valence-electron chi connectivity index (χ0n) is 11.2. The van der Waals surface area contributed by atoms with Crippen molar-refractivity contribution in [3.63, 3.8) is 0 Å². The first kappa shape index (κ1) is 14.5. The van der Waals surface area contributed by atoms with E-state index in [1.165, 1.54) is 0 Å². The predicted octanol–water partition coefficient (Wildman–Crippen LogP) is 1.55. The van der Waals surface area contributed by atoms with Gasteiger partial charge in [0.1, 0.15) is 5.75 Å². The topological polar surface area (TPSA) is 60.8 Å². The summed E-state index contributed by atoms with van der Waals surface area (Å²) < 4.78 is 0. The summed E-state index contributed by atoms with van der Waals surface area (Å²) in [5, 5.41) is 18.9. The second-order valence-corrected chi connectivity index (χ2v) is 5.06. The van der Waals surface area contributed by atoms with E-state index in [0.717, 1.165) is 5.56 Å². The van der Waals surface area contributed by atoms with Crippen LogP contribution >= 0.6 is 0 Å². The highest BCUT2D eigenvalue weighted by Crippen LogP contribution is 2.12. The number of hydrogen-bond acceptors (Lipinski definition) is 3. The van der Waals surface area contributed by atoms with E-state index in [9.17, 15) is 15.0 Å². The maximum Gasteiger partial charge on any atom is 0.227 e. The van der Waals surface area contributed by atoms with E-state index in [1.807, 2.05) is 6.92 Å². The molecule has 1 aromatic rings. The largest absolute Gasteiger partial charge is 0.508 e. The third kappa shape index (κ3) is 4.75. The molecule has 4 heteroatoms. The number of aliphatic hydroxyl groups is 1. The number of aromatic hydroxyl groups is 1. The summed E-state index contributed by atoms with van der Waals surface area (Å²) in [5.41, 5.74) is -0.0346. The lowest BCUT2D eigenvalue weighted by Gasteiger charge is -2.28. The fourth-order valence-electron chi connectivity index (χ4n) is 1.74. The summed E-state index contributed by atoms with van der Waals surface area (Å²) in [6.45, 7) is 6.15. The molecule has 0 aromatic heterocycles. The lowest BCUT2D eigenvalue weighted by atomic mass is 10.1. The van der Waals surface area contributed by atoms with Crippen molar-refractivity contribution in [2.75, 3.05) is 13.1 Å². The van der Waals surface area contributed by atoms with E-state index in [0.29, 0.717) is 13.1 Å². The van der Waals surface area contributed by atoms with Crippen molar-refractivity contribution in [3.05, 3.63) is 29.8 Å². The Balaban J connectivity index is 2.65. The maximum absolute atomic E-state index is 12.1. The second-order valence-electron chi connectivity index (χ2n) is 5.06. The highest BCUT2D eigenvalue weighted by Gasteiger charge is 2.21. The van der Waals surface area contributed by atoms with Crippen LogP contribution in [0.5, 0.6) is 5.75 Å². The molecule has 0 bridgehead atoms. The molecule has 4 nitrogen and oxygen atoms in total. The van der Waals surface area contributed by atoms with Gasteiger partial charge in [-0.3, -0.25) is 4.79 Å². The zero-order chi connectivity index (χ0) is 13.8. The van der Waals surface area contributed by atoms with Crippen molar-refractivity contribution in [2.24, 2.45) is 0 Å². The Bertz CT molecular complexity index is 392. The van der Waals surface area contributed by atoms with Crippen LogP contribution in [-0.4, -0.2) is 39.7 Å². The Morgan fingerprint density at radius 2 is 1.83 bits per heavy atom. The molecule has 0 aliphatic heterocycles. The van der Waals surface area contributed by atoms with Gasteiger partial charge in [-0.25, -0.2) is 0 Å². The third-order valence-electron chi connectivity index (χ3n) is 2.60. The molecule has 1 amide bonds. The highest BCUT2D eigenvalue weighted by atomic mass is 16.3. The summed E-state index contributed by atoms with van der Waals surface area (Å²) in [4.78, 5) is 13.7. The number of phenolic OH excluding ortho intramolecular Hbond substituents is 1. The molecule has 0 atom stereocenters. The van der Waals surface area contributed by atoms with Crippen LogP contribution in [-0.2, 0) is 11.2 Å². The molecule has 0 aliphatic rings. The van der Waals surface area contributed by atoms with Gasteiger partial charge < -0.3 is 15.1 Å². The smallest absolute Gasteiger partial charge is 0.227 e. The number of likely N-dealkylation sites (N-methyl/N-ethyl adjacent to an activating group) is 1. The zero-order valence-corrected chi connectivity index (χ0v) is 11.2. The van der Waals surface area contributed by atoms with Crippen LogP contribution in [0.15, 0.2) is 24.3 Å². The molecular weight excluding hydrogens is 230 g/mol. The summed E-state index contributed by atoms with van der Waals surface area (Å²) in [6.07, 6.45) is 0.282. The number of benzene rings is 1. The summed E-state index contributed by atoms with van der Waals surface area (Å²) in [6, 6.07) is 6.58. The predicted molar refractivity (Wildman–Crippen MR) is 70.4 cm³/mol. The van der Waals surface area contributed by atoms with E-state index < -0.39 is 5.60 Å². The van der Waals surface area contributed by atoms with Crippen molar-refractivity contribution >= 4 is 5.91 Å². The van der Waals surface area contributed by atoms with Crippen molar-refractivity contribution in [1.82, 2.24) is 4.90 Å². The van der Waals surface area contributed by atoms with Gasteiger partial charge in [0.2, 0.25) is 5.91 Å². The average molecular weight is 251 g/mol. The molecule has 0 heterocycles. The van der Waals surface area contributed by atoms with Gasteiger partial charge in [-0.2, -0.15) is 0 Å². The minimum absolute atomic E-state index is 0.0229. The van der Waals surface area contributed by atoms with Crippen LogP contribution in [0.25, 0.3) is 0 Å². The molecule has 100 valence electrons. The average Bonchev–Trinajstić information content (AvgIpc) is 2.27. The van der Waals surface area contributed by atoms with E-state index in [-0.39, 0.29) is 18.1 Å². The standard InChI is InChI=1S/C14H21NO3/c1-4-15(10-14(2,3)18)13(17)9-11-5-7-12(16)8-6-11/h5-8,16,18H,4,9-10H2,1-3H3. The van der Waals surface area contributed by atoms with Gasteiger partial charge in [0.05, 0.1) is 12.0 Å². The van der Waals surface area contributed by atoms with Gasteiger partial charge in [0.25, 0.3) is 0 Å². The van der Waals surface area contributed by atoms with Gasteiger partial charge in [0.15, 0.2) is 0 Å². The first-order valence-electron chi connectivity index (χ1n) is 6.10. The van der Waals surface area contributed by atoms with Crippen LogP contribution in [0.3, 0.4) is 0 Å². The lowest BCUT2D eigenvalue weighted by Crippen LogP contribution is -2.42. The number of carbonyl (C=O) groups excluding carboxylic acids is 1. The minimum Gasteiger partial charge on any atom is -0.508 e. The van der Waals surface area contributed by atoms with Gasteiger partial charge in [-0.1, -0.05) is 12.1 Å². The molecular formula is C14H21NO3. The lowest BCUT2D eigenvalue weighted by molar-refractivity contribution is -0.133. The first-order chi connectivity index (χ1) is 8.31. The molecule has 1 rings (SSSR count). The molecule has 1 aromatic carbocycles. The molecule has 0 aliphatic carbocycles. The van der Waals surface area contributed by atoms with Gasteiger partial charge in [0, 0.05) is 13.1 Å². The number of rotatable bonds is 5. The molecule has 0 saturated heterocycles. The van der Waals surface area contributed by atoms with E-state index in [2.05, 4.69) is 0 Å². The fraction of sp³-hybridized carbons (Fsp3) is 0.500. The van der Waals surface area contributed by atoms with Crippen LogP contribution in [0.1, 0.15) is 26.3 Å². The van der Waals surface area contributed by atoms with Crippen molar-refractivity contribution in [3.8, 4) is 5.75 Å². The molecule has 0 radical (unpaired) electrons. The minimum atomic E-state index is -0.888. The molecule has 0 spiro atoms. The van der Waals surface area contributed by atoms with Crippen LogP contribution < -0.4 is 0 Å². The Morgan fingerprint density at radius 3 is 2.28 bits per heavy atom. The Kier molecular flexibility index (Phi) is 4.73. The number of amides is 1. The quantitative estimate of drug-likeness (QED) is 0.834. The summed E-state index contributed by atoms with van der Waals surface area (Å²) in [7, 11) is 0. The van der Waals surface area contributed by atoms with Crippen LogP contribution in [0.4, 0.5) is 0 Å². The van der Waals surface area contributed by atoms with Gasteiger partial charge in [-0.05, 0) is 38.5 Å². The van der Waals surface area contributed by atoms with Gasteiger partial charge in [-0.15, -0.1) is 0 Å². The van der Waals surface area contributed by atoms with Gasteiger partial charge >= 0.3 is 0 Å². The van der Waals surface area contributed by atoms with E-state index in [4.69, 9.17) is 0 Å². The maximum atomic E-state index is 12.1. The van der Waals surface area contributed by atoms with Crippen molar-refractivity contribution in [1.29, 1.82) is 0 Å². The first-order valence-corrected chi connectivity index (χ1v) is 6.10. The van der Waals surface area contributed by atoms with Crippen molar-refractivity contribution in [2.45, 2.75) is 32.8 Å². The molecule has 18 heavy (non-hydrogen) atoms. The number of hydrogen-bond donors (Lipinski definition) is 2. The Morgan fingerprint density at radius 1 is 1.28 bits per heavy atom. The van der Waals surface area contributed by atoms with Crippen LogP contribution in [0, 0.1) is 0 Å². The normalized spacial score (nSPS) is 11.3. The second kappa shape index (κ2) is 5.87. The molecule has 0 saturated carbocycles. The summed E-state index contributed by atoms with van der Waals surface area (Å²) >= 11 is 0.